The zero-order chi connectivity index (χ0) is 15.3. The first-order valence-corrected chi connectivity index (χ1v) is 8.28. The number of nitrogens with zero attached hydrogens (tertiary/aromatic N) is 1. The van der Waals surface area contributed by atoms with E-state index in [4.69, 9.17) is 11.6 Å². The highest BCUT2D eigenvalue weighted by Crippen LogP contribution is 2.28. The lowest BCUT2D eigenvalue weighted by atomic mass is 9.86. The number of benzene rings is 1. The van der Waals surface area contributed by atoms with Crippen LogP contribution in [0.15, 0.2) is 41.9 Å². The van der Waals surface area contributed by atoms with Gasteiger partial charge in [-0.15, -0.1) is 0 Å². The molecule has 1 heterocycles. The summed E-state index contributed by atoms with van der Waals surface area (Å²) in [6.45, 7) is 9.84. The van der Waals surface area contributed by atoms with E-state index in [-0.39, 0.29) is 5.54 Å². The van der Waals surface area contributed by atoms with Crippen LogP contribution in [0.3, 0.4) is 0 Å². The molecule has 0 bridgehead atoms. The fourth-order valence-electron chi connectivity index (χ4n) is 3.23. The van der Waals surface area contributed by atoms with Crippen LogP contribution in [0, 0.1) is 5.92 Å². The summed E-state index contributed by atoms with van der Waals surface area (Å²) >= 11 is 5.74. The second-order valence-corrected chi connectivity index (χ2v) is 6.91. The van der Waals surface area contributed by atoms with Crippen molar-refractivity contribution in [3.8, 4) is 0 Å². The first-order valence-electron chi connectivity index (χ1n) is 7.85. The molecule has 1 saturated heterocycles. The number of piperazine rings is 1. The van der Waals surface area contributed by atoms with Gasteiger partial charge in [0, 0.05) is 31.2 Å². The molecular weight excluding hydrogens is 280 g/mol. The van der Waals surface area contributed by atoms with E-state index in [0.717, 1.165) is 19.6 Å². The van der Waals surface area contributed by atoms with Gasteiger partial charge >= 0.3 is 0 Å². The molecule has 2 unspecified atom stereocenters. The molecule has 1 aliphatic heterocycles. The van der Waals surface area contributed by atoms with Crippen LogP contribution in [0.2, 0.25) is 0 Å². The summed E-state index contributed by atoms with van der Waals surface area (Å²) < 4.78 is 0. The lowest BCUT2D eigenvalue weighted by molar-refractivity contribution is 0.0848. The summed E-state index contributed by atoms with van der Waals surface area (Å²) in [4.78, 5) is 2.56. The predicted octanol–water partition coefficient (Wildman–Crippen LogP) is 3.97. The predicted molar refractivity (Wildman–Crippen MR) is 91.6 cm³/mol. The summed E-state index contributed by atoms with van der Waals surface area (Å²) in [5, 5.41) is 3.77. The molecule has 21 heavy (non-hydrogen) atoms. The number of hydrogen-bond acceptors (Lipinski definition) is 2. The summed E-state index contributed by atoms with van der Waals surface area (Å²) in [6, 6.07) is 11.3. The molecule has 1 aromatic carbocycles. The van der Waals surface area contributed by atoms with Gasteiger partial charge in [-0.3, -0.25) is 4.90 Å². The van der Waals surface area contributed by atoms with E-state index < -0.39 is 0 Å². The monoisotopic (exact) mass is 306 g/mol. The molecule has 0 aromatic heterocycles. The van der Waals surface area contributed by atoms with E-state index in [1.165, 1.54) is 12.0 Å². The molecule has 2 rings (SSSR count). The molecule has 2 atom stereocenters. The first kappa shape index (κ1) is 16.5. The third-order valence-corrected chi connectivity index (χ3v) is 4.53. The van der Waals surface area contributed by atoms with Crippen LogP contribution < -0.4 is 5.32 Å². The minimum atomic E-state index is 0.00882. The highest BCUT2D eigenvalue weighted by atomic mass is 35.5. The Morgan fingerprint density at radius 2 is 2.10 bits per heavy atom. The summed E-state index contributed by atoms with van der Waals surface area (Å²) in [7, 11) is 0. The van der Waals surface area contributed by atoms with Crippen molar-refractivity contribution in [2.75, 3.05) is 19.6 Å². The van der Waals surface area contributed by atoms with Crippen molar-refractivity contribution in [3.05, 3.63) is 47.5 Å². The van der Waals surface area contributed by atoms with Gasteiger partial charge in [-0.05, 0) is 24.8 Å². The average Bonchev–Trinajstić information content (AvgIpc) is 2.48. The molecule has 1 aromatic rings. The van der Waals surface area contributed by atoms with Gasteiger partial charge in [-0.25, -0.2) is 0 Å². The molecule has 1 fully saturated rings. The van der Waals surface area contributed by atoms with Gasteiger partial charge in [0.15, 0.2) is 0 Å². The van der Waals surface area contributed by atoms with Crippen molar-refractivity contribution >= 4 is 11.6 Å². The molecule has 0 amide bonds. The van der Waals surface area contributed by atoms with Crippen LogP contribution in [0.25, 0.3) is 0 Å². The Bertz CT molecular complexity index is 458. The Hall–Kier alpha value is -0.830. The lowest BCUT2D eigenvalue weighted by Gasteiger charge is -2.47. The number of nitrogens with one attached hydrogen (secondary N) is 1. The minimum Gasteiger partial charge on any atom is -0.305 e. The third-order valence-electron chi connectivity index (χ3n) is 4.35. The Morgan fingerprint density at radius 1 is 1.38 bits per heavy atom. The Morgan fingerprint density at radius 3 is 2.71 bits per heavy atom. The molecule has 1 aliphatic rings. The number of halogens is 1. The topological polar surface area (TPSA) is 15.3 Å². The van der Waals surface area contributed by atoms with E-state index in [9.17, 15) is 0 Å². The first-order chi connectivity index (χ1) is 10.0. The van der Waals surface area contributed by atoms with Crippen LogP contribution >= 0.6 is 11.6 Å². The van der Waals surface area contributed by atoms with Gasteiger partial charge < -0.3 is 5.32 Å². The Balaban J connectivity index is 2.15. The maximum atomic E-state index is 5.74. The van der Waals surface area contributed by atoms with Crippen molar-refractivity contribution < 1.29 is 0 Å². The highest BCUT2D eigenvalue weighted by molar-refractivity contribution is 6.25. The van der Waals surface area contributed by atoms with Crippen molar-refractivity contribution in [3.63, 3.8) is 0 Å². The lowest BCUT2D eigenvalue weighted by Crippen LogP contribution is -2.61. The fraction of sp³-hybridized carbons (Fsp3) is 0.556. The molecule has 2 nitrogen and oxygen atoms in total. The smallest absolute Gasteiger partial charge is 0.0535 e. The van der Waals surface area contributed by atoms with Crippen molar-refractivity contribution in [2.45, 2.75) is 38.8 Å². The van der Waals surface area contributed by atoms with Gasteiger partial charge in [-0.1, -0.05) is 61.9 Å². The molecule has 3 heteroatoms. The normalized spacial score (nSPS) is 27.6. The molecule has 0 spiro atoms. The third kappa shape index (κ3) is 4.32. The maximum absolute atomic E-state index is 5.74. The van der Waals surface area contributed by atoms with Crippen LogP contribution in [-0.4, -0.2) is 30.6 Å². The minimum absolute atomic E-state index is 0.00882. The second-order valence-electron chi connectivity index (χ2n) is 6.65. The van der Waals surface area contributed by atoms with Crippen LogP contribution in [0.4, 0.5) is 0 Å². The quantitative estimate of drug-likeness (QED) is 0.885. The largest absolute Gasteiger partial charge is 0.305 e. The van der Waals surface area contributed by atoms with Gasteiger partial charge in [-0.2, -0.15) is 0 Å². The molecular formula is C18H27ClN2. The summed E-state index contributed by atoms with van der Waals surface area (Å²) in [5.41, 5.74) is 3.00. The van der Waals surface area contributed by atoms with Gasteiger partial charge in [0.1, 0.15) is 0 Å². The average molecular weight is 307 g/mol. The molecule has 0 saturated carbocycles. The Kier molecular flexibility index (Phi) is 5.86. The van der Waals surface area contributed by atoms with E-state index in [0.29, 0.717) is 12.0 Å². The molecule has 0 radical (unpaired) electrons. The van der Waals surface area contributed by atoms with E-state index in [2.05, 4.69) is 61.3 Å². The van der Waals surface area contributed by atoms with Crippen LogP contribution in [-0.2, 0) is 5.54 Å². The standard InChI is InChI=1S/C18H27ClN2/c1-15(2)12-17-13-20-18(3,14-21(17)11-7-10-19)16-8-5-4-6-9-16/h4-10,15,17,20H,11-14H2,1-3H3/b10-7+. The van der Waals surface area contributed by atoms with E-state index >= 15 is 0 Å². The molecule has 1 N–H and O–H groups in total. The summed E-state index contributed by atoms with van der Waals surface area (Å²) in [6.07, 6.45) is 3.26. The Labute approximate surface area is 134 Å². The number of hydrogen-bond donors (Lipinski definition) is 1. The maximum Gasteiger partial charge on any atom is 0.0535 e. The van der Waals surface area contributed by atoms with Crippen molar-refractivity contribution in [1.82, 2.24) is 10.2 Å². The SMILES string of the molecule is CC(C)CC1CNC(C)(c2ccccc2)CN1C/C=C/Cl. The zero-order valence-electron chi connectivity index (χ0n) is 13.3. The summed E-state index contributed by atoms with van der Waals surface area (Å²) in [5.74, 6) is 0.709. The van der Waals surface area contributed by atoms with Gasteiger partial charge in [0.25, 0.3) is 0 Å². The van der Waals surface area contributed by atoms with E-state index in [1.54, 1.807) is 5.54 Å². The van der Waals surface area contributed by atoms with Gasteiger partial charge in [0.2, 0.25) is 0 Å². The second kappa shape index (κ2) is 7.44. The molecule has 0 aliphatic carbocycles. The number of rotatable bonds is 5. The van der Waals surface area contributed by atoms with Gasteiger partial charge in [0.05, 0.1) is 5.54 Å². The van der Waals surface area contributed by atoms with Crippen molar-refractivity contribution in [2.24, 2.45) is 5.92 Å². The zero-order valence-corrected chi connectivity index (χ0v) is 14.1. The van der Waals surface area contributed by atoms with E-state index in [1.807, 2.05) is 6.08 Å². The van der Waals surface area contributed by atoms with Crippen LogP contribution in [0.5, 0.6) is 0 Å². The van der Waals surface area contributed by atoms with Crippen LogP contribution in [0.1, 0.15) is 32.8 Å². The molecule has 116 valence electrons. The highest BCUT2D eigenvalue weighted by Gasteiger charge is 2.36. The fourth-order valence-corrected chi connectivity index (χ4v) is 3.31. The van der Waals surface area contributed by atoms with Crippen molar-refractivity contribution in [1.29, 1.82) is 0 Å².